The number of hydrogen-bond acceptors (Lipinski definition) is 3. The quantitative estimate of drug-likeness (QED) is 0.884. The molecule has 0 radical (unpaired) electrons. The number of fused-ring (bicyclic) bond motifs is 1. The number of aromatic nitrogens is 2. The minimum Gasteiger partial charge on any atom is -0.347 e. The van der Waals surface area contributed by atoms with Gasteiger partial charge in [-0.15, -0.1) is 0 Å². The van der Waals surface area contributed by atoms with Crippen molar-refractivity contribution in [2.24, 2.45) is 0 Å². The third-order valence-electron chi connectivity index (χ3n) is 5.31. The number of carbonyl (C=O) groups is 2. The maximum atomic E-state index is 13.3. The van der Waals surface area contributed by atoms with Crippen LogP contribution in [0.3, 0.4) is 0 Å². The molecule has 27 heavy (non-hydrogen) atoms. The smallest absolute Gasteiger partial charge is 0.287 e. The lowest BCUT2D eigenvalue weighted by Gasteiger charge is -2.22. The van der Waals surface area contributed by atoms with Gasteiger partial charge in [0.1, 0.15) is 0 Å². The summed E-state index contributed by atoms with van der Waals surface area (Å²) in [6, 6.07) is 8.19. The molecule has 0 saturated heterocycles. The Morgan fingerprint density at radius 2 is 2.11 bits per heavy atom. The molecule has 6 nitrogen and oxygen atoms in total. The van der Waals surface area contributed by atoms with Crippen LogP contribution in [0.4, 0.5) is 5.69 Å². The molecule has 2 aliphatic rings. The van der Waals surface area contributed by atoms with Crippen LogP contribution in [0.15, 0.2) is 24.3 Å². The van der Waals surface area contributed by atoms with Crippen LogP contribution in [0.5, 0.6) is 0 Å². The molecule has 6 heteroatoms. The number of anilines is 1. The number of benzene rings is 1. The van der Waals surface area contributed by atoms with Crippen molar-refractivity contribution in [3.05, 3.63) is 47.0 Å². The van der Waals surface area contributed by atoms with Crippen LogP contribution in [0.25, 0.3) is 0 Å². The van der Waals surface area contributed by atoms with Crippen LogP contribution in [-0.2, 0) is 13.0 Å². The molecule has 4 rings (SSSR count). The fourth-order valence-electron chi connectivity index (χ4n) is 3.73. The van der Waals surface area contributed by atoms with Crippen molar-refractivity contribution in [2.75, 3.05) is 11.4 Å². The Hall–Kier alpha value is -2.63. The van der Waals surface area contributed by atoms with Crippen LogP contribution in [0.2, 0.25) is 0 Å². The van der Waals surface area contributed by atoms with Gasteiger partial charge in [-0.1, -0.05) is 12.1 Å². The topological polar surface area (TPSA) is 67.2 Å². The van der Waals surface area contributed by atoms with Gasteiger partial charge in [-0.05, 0) is 63.6 Å². The number of nitrogens with zero attached hydrogens (tertiary/aromatic N) is 3. The molecule has 0 spiro atoms. The Labute approximate surface area is 159 Å². The number of hydrogen-bond donors (Lipinski definition) is 1. The van der Waals surface area contributed by atoms with Gasteiger partial charge < -0.3 is 14.8 Å². The highest BCUT2D eigenvalue weighted by molar-refractivity contribution is 6.06. The average molecular weight is 366 g/mol. The van der Waals surface area contributed by atoms with Gasteiger partial charge in [0, 0.05) is 24.8 Å². The highest BCUT2D eigenvalue weighted by Crippen LogP contribution is 2.26. The zero-order valence-corrected chi connectivity index (χ0v) is 16.0. The number of carbonyl (C=O) groups excluding carboxylic acids is 2. The Kier molecular flexibility index (Phi) is 4.72. The van der Waals surface area contributed by atoms with E-state index < -0.39 is 0 Å². The van der Waals surface area contributed by atoms with E-state index in [1.807, 2.05) is 42.7 Å². The van der Waals surface area contributed by atoms with E-state index in [2.05, 4.69) is 10.3 Å². The maximum Gasteiger partial charge on any atom is 0.287 e. The Balaban J connectivity index is 1.70. The van der Waals surface area contributed by atoms with Crippen LogP contribution in [0, 0.1) is 6.92 Å². The lowest BCUT2D eigenvalue weighted by atomic mass is 10.1. The molecule has 1 fully saturated rings. The molecule has 2 aromatic rings. The highest BCUT2D eigenvalue weighted by atomic mass is 16.2. The summed E-state index contributed by atoms with van der Waals surface area (Å²) < 4.78 is 1.96. The molecule has 142 valence electrons. The van der Waals surface area contributed by atoms with E-state index >= 15 is 0 Å². The summed E-state index contributed by atoms with van der Waals surface area (Å²) in [6.07, 6.45) is 4.88. The molecular formula is C21H26N4O2. The number of amides is 2. The van der Waals surface area contributed by atoms with E-state index in [1.54, 1.807) is 4.90 Å². The predicted octanol–water partition coefficient (Wildman–Crippen LogP) is 3.09. The van der Waals surface area contributed by atoms with Crippen LogP contribution in [-0.4, -0.2) is 34.0 Å². The zero-order chi connectivity index (χ0) is 19.0. The molecule has 1 aromatic carbocycles. The van der Waals surface area contributed by atoms with Gasteiger partial charge in [-0.25, -0.2) is 4.98 Å². The summed E-state index contributed by atoms with van der Waals surface area (Å²) in [5.74, 6) is 0.109. The number of rotatable bonds is 5. The SMILES string of the molecule is CCN(C(=O)c1nc(C(=O)NC2CC2)n2c1CCCC2)c1cccc(C)c1. The summed E-state index contributed by atoms with van der Waals surface area (Å²) in [7, 11) is 0. The summed E-state index contributed by atoms with van der Waals surface area (Å²) in [4.78, 5) is 32.3. The first-order valence-electron chi connectivity index (χ1n) is 9.87. The maximum absolute atomic E-state index is 13.3. The molecule has 1 saturated carbocycles. The van der Waals surface area contributed by atoms with E-state index in [0.717, 1.165) is 55.6 Å². The highest BCUT2D eigenvalue weighted by Gasteiger charge is 2.32. The van der Waals surface area contributed by atoms with Gasteiger partial charge in [0.05, 0.1) is 5.69 Å². The molecule has 0 unspecified atom stereocenters. The van der Waals surface area contributed by atoms with Crippen LogP contribution in [0.1, 0.15) is 65.0 Å². The standard InChI is InChI=1S/C21H26N4O2/c1-3-24(16-8-6-7-14(2)13-16)21(27)18-17-9-4-5-12-25(17)19(23-18)20(26)22-15-10-11-15/h6-8,13,15H,3-5,9-12H2,1-2H3,(H,22,26). The first-order valence-corrected chi connectivity index (χ1v) is 9.87. The normalized spacial score (nSPS) is 15.9. The molecule has 0 atom stereocenters. The molecule has 1 aromatic heterocycles. The Morgan fingerprint density at radius 3 is 2.81 bits per heavy atom. The van der Waals surface area contributed by atoms with Crippen LogP contribution >= 0.6 is 0 Å². The second kappa shape index (κ2) is 7.18. The third kappa shape index (κ3) is 3.48. The van der Waals surface area contributed by atoms with Crippen molar-refractivity contribution in [3.63, 3.8) is 0 Å². The summed E-state index contributed by atoms with van der Waals surface area (Å²) in [6.45, 7) is 5.28. The van der Waals surface area contributed by atoms with Gasteiger partial charge in [-0.3, -0.25) is 9.59 Å². The first-order chi connectivity index (χ1) is 13.1. The van der Waals surface area contributed by atoms with Crippen molar-refractivity contribution in [2.45, 2.75) is 58.5 Å². The van der Waals surface area contributed by atoms with E-state index in [0.29, 0.717) is 18.1 Å². The van der Waals surface area contributed by atoms with E-state index in [1.165, 1.54) is 0 Å². The van der Waals surface area contributed by atoms with Gasteiger partial charge >= 0.3 is 0 Å². The number of nitrogens with one attached hydrogen (secondary N) is 1. The molecular weight excluding hydrogens is 340 g/mol. The van der Waals surface area contributed by atoms with Crippen LogP contribution < -0.4 is 10.2 Å². The predicted molar refractivity (Wildman–Crippen MR) is 104 cm³/mol. The summed E-state index contributed by atoms with van der Waals surface area (Å²) in [5.41, 5.74) is 3.30. The molecule has 1 aliphatic carbocycles. The Bertz CT molecular complexity index is 882. The van der Waals surface area contributed by atoms with Gasteiger partial charge in [0.25, 0.3) is 11.8 Å². The molecule has 2 amide bonds. The molecule has 0 bridgehead atoms. The average Bonchev–Trinajstić information content (AvgIpc) is 3.39. The van der Waals surface area contributed by atoms with Crippen molar-refractivity contribution < 1.29 is 9.59 Å². The van der Waals surface area contributed by atoms with Gasteiger partial charge in [0.2, 0.25) is 0 Å². The molecule has 1 aliphatic heterocycles. The molecule has 2 heterocycles. The number of aryl methyl sites for hydroxylation is 1. The fraction of sp³-hybridized carbons (Fsp3) is 0.476. The summed E-state index contributed by atoms with van der Waals surface area (Å²) >= 11 is 0. The lowest BCUT2D eigenvalue weighted by molar-refractivity contribution is 0.0935. The van der Waals surface area contributed by atoms with Crippen molar-refractivity contribution in [3.8, 4) is 0 Å². The monoisotopic (exact) mass is 366 g/mol. The first kappa shape index (κ1) is 17.8. The van der Waals surface area contributed by atoms with Crippen molar-refractivity contribution in [1.29, 1.82) is 0 Å². The minimum atomic E-state index is -0.154. The third-order valence-corrected chi connectivity index (χ3v) is 5.31. The van der Waals surface area contributed by atoms with E-state index in [9.17, 15) is 9.59 Å². The molecule has 1 N–H and O–H groups in total. The van der Waals surface area contributed by atoms with Gasteiger partial charge in [-0.2, -0.15) is 0 Å². The van der Waals surface area contributed by atoms with Gasteiger partial charge in [0.15, 0.2) is 11.5 Å². The van der Waals surface area contributed by atoms with E-state index in [-0.39, 0.29) is 17.9 Å². The fourth-order valence-corrected chi connectivity index (χ4v) is 3.73. The largest absolute Gasteiger partial charge is 0.347 e. The zero-order valence-electron chi connectivity index (χ0n) is 16.0. The van der Waals surface area contributed by atoms with Crippen molar-refractivity contribution in [1.82, 2.24) is 14.9 Å². The lowest BCUT2D eigenvalue weighted by Crippen LogP contribution is -2.32. The van der Waals surface area contributed by atoms with E-state index in [4.69, 9.17) is 0 Å². The second-order valence-electron chi connectivity index (χ2n) is 7.48. The minimum absolute atomic E-state index is 0.126. The summed E-state index contributed by atoms with van der Waals surface area (Å²) in [5, 5.41) is 3.01. The number of imidazole rings is 1. The van der Waals surface area contributed by atoms with Crippen molar-refractivity contribution >= 4 is 17.5 Å². The second-order valence-corrected chi connectivity index (χ2v) is 7.48. The Morgan fingerprint density at radius 1 is 1.30 bits per heavy atom.